The molecule has 0 unspecified atom stereocenters. The van der Waals surface area contributed by atoms with Crippen molar-refractivity contribution in [3.8, 4) is 5.88 Å². The second-order valence-electron chi connectivity index (χ2n) is 3.66. The first-order valence-electron chi connectivity index (χ1n) is 5.37. The fraction of sp³-hybridized carbons (Fsp3) is 0.154. The first-order chi connectivity index (χ1) is 8.70. The lowest BCUT2D eigenvalue weighted by atomic mass is 10.2. The van der Waals surface area contributed by atoms with Crippen molar-refractivity contribution in [2.45, 2.75) is 6.54 Å². The van der Waals surface area contributed by atoms with Crippen molar-refractivity contribution in [1.82, 2.24) is 4.98 Å². The van der Waals surface area contributed by atoms with Gasteiger partial charge in [-0.2, -0.15) is 0 Å². The van der Waals surface area contributed by atoms with Gasteiger partial charge in [0.1, 0.15) is 5.82 Å². The first kappa shape index (κ1) is 12.6. The molecule has 0 bridgehead atoms. The van der Waals surface area contributed by atoms with Gasteiger partial charge in [0.15, 0.2) is 0 Å². The molecule has 1 aromatic carbocycles. The van der Waals surface area contributed by atoms with E-state index >= 15 is 0 Å². The number of nitrogens with zero attached hydrogens (tertiary/aromatic N) is 1. The van der Waals surface area contributed by atoms with Crippen molar-refractivity contribution in [2.75, 3.05) is 12.4 Å². The van der Waals surface area contributed by atoms with Gasteiger partial charge in [-0.3, -0.25) is 0 Å². The molecule has 2 rings (SSSR count). The highest BCUT2D eigenvalue weighted by Crippen LogP contribution is 2.19. The molecule has 0 aliphatic carbocycles. The van der Waals surface area contributed by atoms with Crippen LogP contribution in [0.25, 0.3) is 0 Å². The molecule has 0 amide bonds. The van der Waals surface area contributed by atoms with Gasteiger partial charge in [0.25, 0.3) is 0 Å². The van der Waals surface area contributed by atoms with Crippen LogP contribution in [-0.4, -0.2) is 12.1 Å². The Balaban J connectivity index is 2.04. The van der Waals surface area contributed by atoms with E-state index in [0.29, 0.717) is 18.0 Å². The van der Waals surface area contributed by atoms with Crippen LogP contribution in [0.4, 0.5) is 10.1 Å². The molecule has 5 heteroatoms. The Morgan fingerprint density at radius 2 is 2.17 bits per heavy atom. The van der Waals surface area contributed by atoms with Crippen LogP contribution in [0.5, 0.6) is 5.88 Å². The zero-order valence-electron chi connectivity index (χ0n) is 9.78. The second-order valence-corrected chi connectivity index (χ2v) is 4.06. The van der Waals surface area contributed by atoms with E-state index < -0.39 is 5.82 Å². The van der Waals surface area contributed by atoms with E-state index in [2.05, 4.69) is 10.3 Å². The Morgan fingerprint density at radius 3 is 2.83 bits per heavy atom. The van der Waals surface area contributed by atoms with Crippen LogP contribution in [0.3, 0.4) is 0 Å². The van der Waals surface area contributed by atoms with Crippen molar-refractivity contribution in [3.63, 3.8) is 0 Å². The van der Waals surface area contributed by atoms with Crippen LogP contribution in [0.15, 0.2) is 36.5 Å². The van der Waals surface area contributed by atoms with E-state index in [9.17, 15) is 4.39 Å². The minimum atomic E-state index is -0.395. The Labute approximate surface area is 110 Å². The Hall–Kier alpha value is -1.81. The van der Waals surface area contributed by atoms with E-state index in [1.807, 2.05) is 6.07 Å². The van der Waals surface area contributed by atoms with Crippen LogP contribution in [0, 0.1) is 5.82 Å². The summed E-state index contributed by atoms with van der Waals surface area (Å²) < 4.78 is 18.6. The van der Waals surface area contributed by atoms with Crippen molar-refractivity contribution in [3.05, 3.63) is 52.9 Å². The van der Waals surface area contributed by atoms with Gasteiger partial charge in [-0.1, -0.05) is 23.7 Å². The number of aromatic nitrogens is 1. The van der Waals surface area contributed by atoms with E-state index in [0.717, 1.165) is 5.69 Å². The Morgan fingerprint density at radius 1 is 1.33 bits per heavy atom. The number of pyridine rings is 1. The van der Waals surface area contributed by atoms with Crippen LogP contribution in [0.1, 0.15) is 5.56 Å². The predicted molar refractivity (Wildman–Crippen MR) is 69.5 cm³/mol. The minimum Gasteiger partial charge on any atom is -0.481 e. The molecule has 18 heavy (non-hydrogen) atoms. The lowest BCUT2D eigenvalue weighted by Gasteiger charge is -2.08. The summed E-state index contributed by atoms with van der Waals surface area (Å²) in [6, 6.07) is 8.47. The highest BCUT2D eigenvalue weighted by molar-refractivity contribution is 6.30. The second kappa shape index (κ2) is 5.69. The maximum atomic E-state index is 13.6. The van der Waals surface area contributed by atoms with Gasteiger partial charge in [-0.25, -0.2) is 9.37 Å². The zero-order valence-corrected chi connectivity index (χ0v) is 10.5. The number of hydrogen-bond donors (Lipinski definition) is 1. The van der Waals surface area contributed by atoms with E-state index in [1.54, 1.807) is 31.5 Å². The summed E-state index contributed by atoms with van der Waals surface area (Å²) in [5, 5.41) is 3.19. The molecule has 1 N–H and O–H groups in total. The maximum Gasteiger partial charge on any atom is 0.213 e. The SMILES string of the molecule is COc1ccc(NCc2cccc(Cl)c2F)cn1. The van der Waals surface area contributed by atoms with Gasteiger partial charge < -0.3 is 10.1 Å². The molecular formula is C13H12ClFN2O. The largest absolute Gasteiger partial charge is 0.481 e. The normalized spacial score (nSPS) is 10.2. The molecule has 3 nitrogen and oxygen atoms in total. The molecule has 0 saturated heterocycles. The minimum absolute atomic E-state index is 0.127. The van der Waals surface area contributed by atoms with Crippen molar-refractivity contribution < 1.29 is 9.13 Å². The quantitative estimate of drug-likeness (QED) is 0.920. The third-order valence-corrected chi connectivity index (χ3v) is 2.75. The molecule has 0 aliphatic heterocycles. The third kappa shape index (κ3) is 2.90. The van der Waals surface area contributed by atoms with Crippen molar-refractivity contribution >= 4 is 17.3 Å². The standard InChI is InChI=1S/C13H12ClFN2O/c1-18-12-6-5-10(8-17-12)16-7-9-3-2-4-11(14)13(9)15/h2-6,8,16H,7H2,1H3. The smallest absolute Gasteiger partial charge is 0.213 e. The average molecular weight is 267 g/mol. The number of rotatable bonds is 4. The van der Waals surface area contributed by atoms with Gasteiger partial charge in [0.2, 0.25) is 5.88 Å². The monoisotopic (exact) mass is 266 g/mol. The molecule has 0 aliphatic rings. The number of halogens is 2. The topological polar surface area (TPSA) is 34.1 Å². The first-order valence-corrected chi connectivity index (χ1v) is 5.75. The summed E-state index contributed by atoms with van der Waals surface area (Å²) in [5.41, 5.74) is 1.30. The molecule has 1 aromatic heterocycles. The summed E-state index contributed by atoms with van der Waals surface area (Å²) in [6.07, 6.45) is 1.63. The molecule has 1 heterocycles. The number of ether oxygens (including phenoxy) is 1. The Bertz CT molecular complexity index is 531. The van der Waals surface area contributed by atoms with Gasteiger partial charge >= 0.3 is 0 Å². The summed E-state index contributed by atoms with van der Waals surface area (Å²) in [4.78, 5) is 4.04. The van der Waals surface area contributed by atoms with E-state index in [-0.39, 0.29) is 5.02 Å². The number of methoxy groups -OCH3 is 1. The third-order valence-electron chi connectivity index (χ3n) is 2.46. The number of benzene rings is 1. The zero-order chi connectivity index (χ0) is 13.0. The van der Waals surface area contributed by atoms with E-state index in [1.165, 1.54) is 6.07 Å². The molecule has 0 saturated carbocycles. The summed E-state index contributed by atoms with van der Waals surface area (Å²) >= 11 is 5.70. The lowest BCUT2D eigenvalue weighted by molar-refractivity contribution is 0.398. The molecule has 94 valence electrons. The lowest BCUT2D eigenvalue weighted by Crippen LogP contribution is -2.02. The van der Waals surface area contributed by atoms with Gasteiger partial charge in [-0.05, 0) is 12.1 Å². The molecule has 0 spiro atoms. The van der Waals surface area contributed by atoms with Gasteiger partial charge in [-0.15, -0.1) is 0 Å². The van der Waals surface area contributed by atoms with Crippen LogP contribution in [-0.2, 0) is 6.54 Å². The number of nitrogens with one attached hydrogen (secondary N) is 1. The van der Waals surface area contributed by atoms with E-state index in [4.69, 9.17) is 16.3 Å². The molecule has 0 fully saturated rings. The highest BCUT2D eigenvalue weighted by Gasteiger charge is 2.05. The number of anilines is 1. The highest BCUT2D eigenvalue weighted by atomic mass is 35.5. The maximum absolute atomic E-state index is 13.6. The average Bonchev–Trinajstić information content (AvgIpc) is 2.41. The summed E-state index contributed by atoms with van der Waals surface area (Å²) in [5.74, 6) is 0.141. The molecule has 2 aromatic rings. The summed E-state index contributed by atoms with van der Waals surface area (Å²) in [7, 11) is 1.55. The van der Waals surface area contributed by atoms with Crippen molar-refractivity contribution in [2.24, 2.45) is 0 Å². The number of hydrogen-bond acceptors (Lipinski definition) is 3. The van der Waals surface area contributed by atoms with Gasteiger partial charge in [0, 0.05) is 18.2 Å². The summed E-state index contributed by atoms with van der Waals surface area (Å²) in [6.45, 7) is 0.348. The molecule has 0 atom stereocenters. The van der Waals surface area contributed by atoms with Crippen molar-refractivity contribution in [1.29, 1.82) is 0 Å². The van der Waals surface area contributed by atoms with Gasteiger partial charge in [0.05, 0.1) is 24.0 Å². The van der Waals surface area contributed by atoms with Crippen LogP contribution < -0.4 is 10.1 Å². The Kier molecular flexibility index (Phi) is 3.99. The molecule has 0 radical (unpaired) electrons. The fourth-order valence-corrected chi connectivity index (χ4v) is 1.68. The molecular weight excluding hydrogens is 255 g/mol. The fourth-order valence-electron chi connectivity index (χ4n) is 1.49. The van der Waals surface area contributed by atoms with Crippen LogP contribution >= 0.6 is 11.6 Å². The van der Waals surface area contributed by atoms with Crippen LogP contribution in [0.2, 0.25) is 5.02 Å². The predicted octanol–water partition coefficient (Wildman–Crippen LogP) is 3.49.